The summed E-state index contributed by atoms with van der Waals surface area (Å²) in [4.78, 5) is 17.9. The van der Waals surface area contributed by atoms with Gasteiger partial charge in [-0.2, -0.15) is 0 Å². The molecule has 1 atom stereocenters. The second kappa shape index (κ2) is 11.7. The summed E-state index contributed by atoms with van der Waals surface area (Å²) in [6.45, 7) is 3.24. The van der Waals surface area contributed by atoms with Crippen LogP contribution in [0.5, 0.6) is 5.75 Å². The van der Waals surface area contributed by atoms with Crippen molar-refractivity contribution in [1.82, 2.24) is 15.2 Å². The van der Waals surface area contributed by atoms with E-state index in [9.17, 15) is 9.90 Å². The van der Waals surface area contributed by atoms with E-state index in [1.54, 1.807) is 12.0 Å². The van der Waals surface area contributed by atoms with Gasteiger partial charge >= 0.3 is 6.09 Å². The van der Waals surface area contributed by atoms with E-state index in [0.29, 0.717) is 6.54 Å². The molecule has 1 fully saturated rings. The Bertz CT molecular complexity index is 1090. The number of hydrogen-bond donors (Lipinski definition) is 3. The summed E-state index contributed by atoms with van der Waals surface area (Å²) >= 11 is 0. The molecule has 7 heteroatoms. The van der Waals surface area contributed by atoms with E-state index in [4.69, 9.17) is 9.72 Å². The molecule has 7 nitrogen and oxygen atoms in total. The molecule has 1 aromatic heterocycles. The monoisotopic (exact) mass is 462 g/mol. The summed E-state index contributed by atoms with van der Waals surface area (Å²) in [7, 11) is 1.67. The molecule has 4 rings (SSSR count). The molecule has 34 heavy (non-hydrogen) atoms. The Labute approximate surface area is 201 Å². The Hall–Kier alpha value is -3.32. The van der Waals surface area contributed by atoms with Gasteiger partial charge in [-0.3, -0.25) is 0 Å². The standard InChI is InChI=1S/C27H34N4O3/c1-34-22-12-10-20(11-13-22)25-19-26(23-8-2-3-9-24(23)30-25)29-16-6-15-28-17-14-21-7-4-5-18-31(21)27(32)33/h2-3,8-13,19,21,28H,4-7,14-18H2,1H3,(H,29,30)(H,32,33)/t21-/m0/s1. The van der Waals surface area contributed by atoms with E-state index in [0.717, 1.165) is 85.3 Å². The van der Waals surface area contributed by atoms with Crippen molar-refractivity contribution in [2.45, 2.75) is 38.1 Å². The summed E-state index contributed by atoms with van der Waals surface area (Å²) in [5, 5.41) is 17.5. The molecule has 0 bridgehead atoms. The van der Waals surface area contributed by atoms with Crippen LogP contribution in [0, 0.1) is 0 Å². The first-order chi connectivity index (χ1) is 16.7. The van der Waals surface area contributed by atoms with Crippen molar-refractivity contribution >= 4 is 22.7 Å². The molecule has 0 unspecified atom stereocenters. The number of nitrogens with zero attached hydrogens (tertiary/aromatic N) is 2. The van der Waals surface area contributed by atoms with E-state index in [-0.39, 0.29) is 6.04 Å². The number of ether oxygens (including phenoxy) is 1. The van der Waals surface area contributed by atoms with E-state index < -0.39 is 6.09 Å². The Morgan fingerprint density at radius 1 is 1.12 bits per heavy atom. The maximum atomic E-state index is 11.4. The fraction of sp³-hybridized carbons (Fsp3) is 0.407. The lowest BCUT2D eigenvalue weighted by Crippen LogP contribution is -2.44. The number of anilines is 1. The van der Waals surface area contributed by atoms with E-state index in [1.807, 2.05) is 42.5 Å². The van der Waals surface area contributed by atoms with Crippen LogP contribution < -0.4 is 15.4 Å². The zero-order valence-electron chi connectivity index (χ0n) is 19.8. The number of nitrogens with one attached hydrogen (secondary N) is 2. The first kappa shape index (κ1) is 23.8. The van der Waals surface area contributed by atoms with Crippen molar-refractivity contribution in [3.05, 3.63) is 54.6 Å². The Kier molecular flexibility index (Phi) is 8.20. The lowest BCUT2D eigenvalue weighted by atomic mass is 10.00. The number of amides is 1. The number of rotatable bonds is 10. The molecule has 1 aliphatic heterocycles. The molecule has 3 aromatic rings. The molecule has 3 N–H and O–H groups in total. The lowest BCUT2D eigenvalue weighted by molar-refractivity contribution is 0.103. The quantitative estimate of drug-likeness (QED) is 0.358. The molecule has 2 heterocycles. The van der Waals surface area contributed by atoms with Crippen molar-refractivity contribution in [3.8, 4) is 17.0 Å². The number of carboxylic acid groups (broad SMARTS) is 1. The first-order valence-electron chi connectivity index (χ1n) is 12.1. The molecule has 180 valence electrons. The van der Waals surface area contributed by atoms with Gasteiger partial charge in [-0.25, -0.2) is 9.78 Å². The molecule has 0 radical (unpaired) electrons. The van der Waals surface area contributed by atoms with Crippen LogP contribution in [0.2, 0.25) is 0 Å². The molecule has 1 saturated heterocycles. The van der Waals surface area contributed by atoms with Gasteiger partial charge in [0.25, 0.3) is 0 Å². The van der Waals surface area contributed by atoms with Crippen LogP contribution in [0.25, 0.3) is 22.2 Å². The van der Waals surface area contributed by atoms with Gasteiger partial charge in [-0.05, 0) is 81.6 Å². The van der Waals surface area contributed by atoms with E-state index in [2.05, 4.69) is 22.8 Å². The number of piperidine rings is 1. The largest absolute Gasteiger partial charge is 0.497 e. The van der Waals surface area contributed by atoms with Gasteiger partial charge < -0.3 is 25.4 Å². The summed E-state index contributed by atoms with van der Waals surface area (Å²) < 4.78 is 5.28. The van der Waals surface area contributed by atoms with E-state index >= 15 is 0 Å². The van der Waals surface area contributed by atoms with Crippen molar-refractivity contribution in [2.24, 2.45) is 0 Å². The number of para-hydroxylation sites is 1. The van der Waals surface area contributed by atoms with Gasteiger partial charge in [-0.1, -0.05) is 18.2 Å². The van der Waals surface area contributed by atoms with Crippen LogP contribution in [-0.2, 0) is 0 Å². The lowest BCUT2D eigenvalue weighted by Gasteiger charge is -2.33. The van der Waals surface area contributed by atoms with Crippen LogP contribution in [-0.4, -0.2) is 60.4 Å². The van der Waals surface area contributed by atoms with Gasteiger partial charge in [0.1, 0.15) is 5.75 Å². The van der Waals surface area contributed by atoms with Crippen LogP contribution in [0.3, 0.4) is 0 Å². The first-order valence-corrected chi connectivity index (χ1v) is 12.1. The van der Waals surface area contributed by atoms with Crippen molar-refractivity contribution < 1.29 is 14.6 Å². The number of likely N-dealkylation sites (tertiary alicyclic amines) is 1. The Balaban J connectivity index is 1.30. The van der Waals surface area contributed by atoms with Crippen molar-refractivity contribution in [2.75, 3.05) is 38.6 Å². The van der Waals surface area contributed by atoms with E-state index in [1.165, 1.54) is 0 Å². The molecular weight excluding hydrogens is 428 g/mol. The fourth-order valence-electron chi connectivity index (χ4n) is 4.61. The number of benzene rings is 2. The molecule has 2 aromatic carbocycles. The number of pyridine rings is 1. The number of carbonyl (C=O) groups is 1. The summed E-state index contributed by atoms with van der Waals surface area (Å²) in [6.07, 6.45) is 4.14. The molecule has 0 aliphatic carbocycles. The highest BCUT2D eigenvalue weighted by molar-refractivity contribution is 5.93. The molecule has 1 aliphatic rings. The normalized spacial score (nSPS) is 15.9. The highest BCUT2D eigenvalue weighted by Crippen LogP contribution is 2.29. The number of aromatic nitrogens is 1. The minimum absolute atomic E-state index is 0.149. The zero-order chi connectivity index (χ0) is 23.8. The average molecular weight is 463 g/mol. The summed E-state index contributed by atoms with van der Waals surface area (Å²) in [6, 6.07) is 18.4. The van der Waals surface area contributed by atoms with Crippen LogP contribution in [0.4, 0.5) is 10.5 Å². The zero-order valence-corrected chi connectivity index (χ0v) is 19.8. The maximum Gasteiger partial charge on any atom is 0.407 e. The minimum atomic E-state index is -0.785. The predicted molar refractivity (Wildman–Crippen MR) is 137 cm³/mol. The smallest absolute Gasteiger partial charge is 0.407 e. The maximum absolute atomic E-state index is 11.4. The average Bonchev–Trinajstić information content (AvgIpc) is 2.88. The second-order valence-electron chi connectivity index (χ2n) is 8.75. The second-order valence-corrected chi connectivity index (χ2v) is 8.75. The molecule has 0 spiro atoms. The third-order valence-electron chi connectivity index (χ3n) is 6.47. The SMILES string of the molecule is COc1ccc(-c2cc(NCCCNCC[C@@H]3CCCCN3C(=O)O)c3ccccc3n2)cc1. The summed E-state index contributed by atoms with van der Waals surface area (Å²) in [5.74, 6) is 0.828. The van der Waals surface area contributed by atoms with Crippen molar-refractivity contribution in [1.29, 1.82) is 0 Å². The van der Waals surface area contributed by atoms with Crippen LogP contribution >= 0.6 is 0 Å². The van der Waals surface area contributed by atoms with Gasteiger partial charge in [-0.15, -0.1) is 0 Å². The van der Waals surface area contributed by atoms with Crippen LogP contribution in [0.1, 0.15) is 32.1 Å². The van der Waals surface area contributed by atoms with Gasteiger partial charge in [0.15, 0.2) is 0 Å². The highest BCUT2D eigenvalue weighted by Gasteiger charge is 2.25. The van der Waals surface area contributed by atoms with Gasteiger partial charge in [0.2, 0.25) is 0 Å². The number of hydrogen-bond acceptors (Lipinski definition) is 5. The topological polar surface area (TPSA) is 86.7 Å². The van der Waals surface area contributed by atoms with Gasteiger partial charge in [0, 0.05) is 35.8 Å². The molecule has 1 amide bonds. The number of fused-ring (bicyclic) bond motifs is 1. The van der Waals surface area contributed by atoms with Gasteiger partial charge in [0.05, 0.1) is 18.3 Å². The summed E-state index contributed by atoms with van der Waals surface area (Å²) in [5.41, 5.74) is 4.02. The predicted octanol–water partition coefficient (Wildman–Crippen LogP) is 5.22. The Morgan fingerprint density at radius 3 is 2.74 bits per heavy atom. The van der Waals surface area contributed by atoms with Crippen LogP contribution in [0.15, 0.2) is 54.6 Å². The molecular formula is C27H34N4O3. The Morgan fingerprint density at radius 2 is 1.94 bits per heavy atom. The third kappa shape index (κ3) is 5.97. The number of methoxy groups -OCH3 is 1. The highest BCUT2D eigenvalue weighted by atomic mass is 16.5. The molecule has 0 saturated carbocycles. The fourth-order valence-corrected chi connectivity index (χ4v) is 4.61. The van der Waals surface area contributed by atoms with Crippen molar-refractivity contribution in [3.63, 3.8) is 0 Å². The minimum Gasteiger partial charge on any atom is -0.497 e. The third-order valence-corrected chi connectivity index (χ3v) is 6.47.